The summed E-state index contributed by atoms with van der Waals surface area (Å²) in [5.41, 5.74) is 7.33. The van der Waals surface area contributed by atoms with Crippen LogP contribution in [0.25, 0.3) is 0 Å². The van der Waals surface area contributed by atoms with Crippen molar-refractivity contribution in [3.8, 4) is 6.07 Å². The van der Waals surface area contributed by atoms with E-state index in [1.165, 1.54) is 18.4 Å². The van der Waals surface area contributed by atoms with Crippen molar-refractivity contribution < 1.29 is 4.79 Å². The van der Waals surface area contributed by atoms with Gasteiger partial charge in [0.25, 0.3) is 0 Å². The first-order chi connectivity index (χ1) is 12.5. The molecule has 7 heteroatoms. The highest BCUT2D eigenvalue weighted by atomic mass is 16.1. The van der Waals surface area contributed by atoms with Crippen LogP contribution in [0.3, 0.4) is 0 Å². The summed E-state index contributed by atoms with van der Waals surface area (Å²) in [6.45, 7) is 6.32. The van der Waals surface area contributed by atoms with Crippen LogP contribution in [0.2, 0.25) is 0 Å². The summed E-state index contributed by atoms with van der Waals surface area (Å²) in [6.07, 6.45) is 4.46. The van der Waals surface area contributed by atoms with Crippen LogP contribution in [0.5, 0.6) is 0 Å². The van der Waals surface area contributed by atoms with Crippen molar-refractivity contribution in [2.45, 2.75) is 39.0 Å². The number of carbonyl (C=O) groups excluding carboxylic acids is 1. The van der Waals surface area contributed by atoms with Crippen LogP contribution in [0.15, 0.2) is 30.5 Å². The van der Waals surface area contributed by atoms with Crippen molar-refractivity contribution in [1.29, 1.82) is 5.26 Å². The second kappa shape index (κ2) is 9.47. The SMILES string of the molecule is CC(C)c1ccc(CC(N)=O)nc1.N#Cc1ccc(N2CCCC2)nn1. The van der Waals surface area contributed by atoms with Gasteiger partial charge in [0.2, 0.25) is 5.91 Å². The predicted octanol–water partition coefficient (Wildman–Crippen LogP) is 2.18. The van der Waals surface area contributed by atoms with Gasteiger partial charge in [0, 0.05) is 25.0 Å². The fourth-order valence-electron chi connectivity index (χ4n) is 2.56. The quantitative estimate of drug-likeness (QED) is 0.903. The fraction of sp³-hybridized carbons (Fsp3) is 0.421. The molecule has 0 bridgehead atoms. The van der Waals surface area contributed by atoms with Gasteiger partial charge in [-0.3, -0.25) is 9.78 Å². The number of nitrogens with zero attached hydrogens (tertiary/aromatic N) is 5. The van der Waals surface area contributed by atoms with Crippen molar-refractivity contribution in [1.82, 2.24) is 15.2 Å². The smallest absolute Gasteiger partial charge is 0.223 e. The van der Waals surface area contributed by atoms with E-state index in [9.17, 15) is 4.79 Å². The monoisotopic (exact) mass is 352 g/mol. The first-order valence-electron chi connectivity index (χ1n) is 8.71. The molecule has 0 radical (unpaired) electrons. The van der Waals surface area contributed by atoms with Gasteiger partial charge in [-0.25, -0.2) is 0 Å². The van der Waals surface area contributed by atoms with Crippen LogP contribution in [-0.4, -0.2) is 34.2 Å². The second-order valence-electron chi connectivity index (χ2n) is 6.46. The zero-order chi connectivity index (χ0) is 18.9. The van der Waals surface area contributed by atoms with Crippen LogP contribution in [0, 0.1) is 11.3 Å². The first kappa shape index (κ1) is 19.3. The average Bonchev–Trinajstić information content (AvgIpc) is 3.17. The van der Waals surface area contributed by atoms with Crippen LogP contribution in [0.1, 0.15) is 49.6 Å². The maximum Gasteiger partial charge on any atom is 0.223 e. The van der Waals surface area contributed by atoms with E-state index in [1.54, 1.807) is 12.3 Å². The largest absolute Gasteiger partial charge is 0.369 e. The highest BCUT2D eigenvalue weighted by Crippen LogP contribution is 2.16. The molecule has 26 heavy (non-hydrogen) atoms. The van der Waals surface area contributed by atoms with E-state index >= 15 is 0 Å². The van der Waals surface area contributed by atoms with Crippen molar-refractivity contribution in [3.63, 3.8) is 0 Å². The first-order valence-corrected chi connectivity index (χ1v) is 8.71. The van der Waals surface area contributed by atoms with Gasteiger partial charge in [0.05, 0.1) is 6.42 Å². The minimum absolute atomic E-state index is 0.221. The van der Waals surface area contributed by atoms with E-state index in [4.69, 9.17) is 11.0 Å². The summed E-state index contributed by atoms with van der Waals surface area (Å²) < 4.78 is 0. The third-order valence-electron chi connectivity index (χ3n) is 4.06. The van der Waals surface area contributed by atoms with Crippen LogP contribution >= 0.6 is 0 Å². The number of nitriles is 1. The number of pyridine rings is 1. The molecule has 1 aliphatic rings. The molecule has 0 aliphatic carbocycles. The normalized spacial score (nSPS) is 13.1. The van der Waals surface area contributed by atoms with Gasteiger partial charge in [0.15, 0.2) is 11.5 Å². The van der Waals surface area contributed by atoms with Crippen molar-refractivity contribution in [3.05, 3.63) is 47.4 Å². The van der Waals surface area contributed by atoms with Gasteiger partial charge >= 0.3 is 0 Å². The zero-order valence-electron chi connectivity index (χ0n) is 15.2. The summed E-state index contributed by atoms with van der Waals surface area (Å²) in [5, 5.41) is 16.3. The number of rotatable bonds is 4. The van der Waals surface area contributed by atoms with E-state index in [-0.39, 0.29) is 12.3 Å². The highest BCUT2D eigenvalue weighted by Gasteiger charge is 2.13. The molecule has 0 saturated carbocycles. The molecule has 3 rings (SSSR count). The predicted molar refractivity (Wildman–Crippen MR) is 99.4 cm³/mol. The maximum absolute atomic E-state index is 10.6. The molecular weight excluding hydrogens is 328 g/mol. The van der Waals surface area contributed by atoms with Gasteiger partial charge in [-0.2, -0.15) is 5.26 Å². The van der Waals surface area contributed by atoms with E-state index in [1.807, 2.05) is 24.3 Å². The zero-order valence-corrected chi connectivity index (χ0v) is 15.2. The lowest BCUT2D eigenvalue weighted by Gasteiger charge is -2.14. The lowest BCUT2D eigenvalue weighted by molar-refractivity contribution is -0.117. The van der Waals surface area contributed by atoms with Gasteiger partial charge in [-0.1, -0.05) is 19.9 Å². The molecule has 1 fully saturated rings. The third kappa shape index (κ3) is 5.81. The van der Waals surface area contributed by atoms with Crippen molar-refractivity contribution >= 4 is 11.7 Å². The fourth-order valence-corrected chi connectivity index (χ4v) is 2.56. The number of primary amides is 1. The summed E-state index contributed by atoms with van der Waals surface area (Å²) in [5.74, 6) is 1.01. The minimum atomic E-state index is -0.343. The summed E-state index contributed by atoms with van der Waals surface area (Å²) in [6, 6.07) is 9.35. The van der Waals surface area contributed by atoms with Gasteiger partial charge in [-0.05, 0) is 42.5 Å². The Morgan fingerprint density at radius 3 is 2.42 bits per heavy atom. The van der Waals surface area contributed by atoms with Crippen molar-refractivity contribution in [2.24, 2.45) is 5.73 Å². The lowest BCUT2D eigenvalue weighted by Crippen LogP contribution is -2.19. The Morgan fingerprint density at radius 2 is 1.96 bits per heavy atom. The van der Waals surface area contributed by atoms with E-state index in [0.29, 0.717) is 11.6 Å². The van der Waals surface area contributed by atoms with Crippen LogP contribution in [0.4, 0.5) is 5.82 Å². The molecule has 2 N–H and O–H groups in total. The third-order valence-corrected chi connectivity index (χ3v) is 4.06. The molecule has 0 aromatic carbocycles. The standard InChI is InChI=1S/C10H14N2O.C9H10N4/c1-7(2)8-3-4-9(12-6-8)5-10(11)13;10-7-8-3-4-9(12-11-8)13-5-1-2-6-13/h3-4,6-7H,5H2,1-2H3,(H2,11,13);3-4H,1-2,5-6H2. The molecule has 7 nitrogen and oxygen atoms in total. The molecule has 2 aromatic rings. The Kier molecular flexibility index (Phi) is 7.03. The van der Waals surface area contributed by atoms with E-state index in [2.05, 4.69) is 33.9 Å². The number of nitrogens with two attached hydrogens (primary N) is 1. The number of carbonyl (C=O) groups is 1. The van der Waals surface area contributed by atoms with Gasteiger partial charge in [-0.15, -0.1) is 10.2 Å². The molecular formula is C19H24N6O. The number of anilines is 1. The Balaban J connectivity index is 0.000000187. The van der Waals surface area contributed by atoms with E-state index in [0.717, 1.165) is 24.6 Å². The molecule has 0 unspecified atom stereocenters. The summed E-state index contributed by atoms with van der Waals surface area (Å²) in [7, 11) is 0. The van der Waals surface area contributed by atoms with Gasteiger partial charge < -0.3 is 10.6 Å². The number of amides is 1. The summed E-state index contributed by atoms with van der Waals surface area (Å²) in [4.78, 5) is 16.9. The molecule has 0 atom stereocenters. The van der Waals surface area contributed by atoms with Crippen molar-refractivity contribution in [2.75, 3.05) is 18.0 Å². The van der Waals surface area contributed by atoms with Gasteiger partial charge in [0.1, 0.15) is 6.07 Å². The molecule has 1 amide bonds. The van der Waals surface area contributed by atoms with Crippen LogP contribution in [-0.2, 0) is 11.2 Å². The Morgan fingerprint density at radius 1 is 1.23 bits per heavy atom. The van der Waals surface area contributed by atoms with E-state index < -0.39 is 0 Å². The second-order valence-corrected chi connectivity index (χ2v) is 6.46. The number of hydrogen-bond acceptors (Lipinski definition) is 6. The summed E-state index contributed by atoms with van der Waals surface area (Å²) >= 11 is 0. The van der Waals surface area contributed by atoms with Crippen LogP contribution < -0.4 is 10.6 Å². The topological polar surface area (TPSA) is 109 Å². The average molecular weight is 352 g/mol. The Labute approximate surface area is 153 Å². The molecule has 2 aromatic heterocycles. The molecule has 3 heterocycles. The molecule has 136 valence electrons. The molecule has 1 aliphatic heterocycles. The Bertz CT molecular complexity index is 743. The Hall–Kier alpha value is -3.01. The number of hydrogen-bond donors (Lipinski definition) is 1. The minimum Gasteiger partial charge on any atom is -0.369 e. The number of aromatic nitrogens is 3. The lowest BCUT2D eigenvalue weighted by atomic mass is 10.1. The maximum atomic E-state index is 10.6. The molecule has 1 saturated heterocycles. The highest BCUT2D eigenvalue weighted by molar-refractivity contribution is 5.76. The molecule has 0 spiro atoms.